The molecular weight excluding hydrogens is 602 g/mol. The summed E-state index contributed by atoms with van der Waals surface area (Å²) in [7, 11) is 0. The van der Waals surface area contributed by atoms with Crippen LogP contribution in [0.25, 0.3) is 0 Å². The molecular formula is C45H91NO3. The molecule has 0 heterocycles. The SMILES string of the molecule is CCCCCCCCCCCCCCCCCCCCCCC(=O)NC(CO)C(O)CCCCCCCCCCCCCCCCCCC. The van der Waals surface area contributed by atoms with Gasteiger partial charge in [-0.25, -0.2) is 0 Å². The highest BCUT2D eigenvalue weighted by molar-refractivity contribution is 5.76. The minimum Gasteiger partial charge on any atom is -0.394 e. The molecule has 0 aliphatic rings. The number of rotatable bonds is 42. The lowest BCUT2D eigenvalue weighted by atomic mass is 10.0. The molecule has 0 saturated heterocycles. The van der Waals surface area contributed by atoms with Crippen LogP contribution in [-0.4, -0.2) is 34.9 Å². The average molecular weight is 694 g/mol. The molecule has 0 bridgehead atoms. The van der Waals surface area contributed by atoms with Crippen molar-refractivity contribution in [2.45, 2.75) is 276 Å². The van der Waals surface area contributed by atoms with Crippen LogP contribution in [0.4, 0.5) is 0 Å². The summed E-state index contributed by atoms with van der Waals surface area (Å²) in [5.74, 6) is -0.0251. The molecule has 0 radical (unpaired) electrons. The minimum absolute atomic E-state index is 0.0251. The Bertz CT molecular complexity index is 626. The molecule has 0 aliphatic heterocycles. The summed E-state index contributed by atoms with van der Waals surface area (Å²) < 4.78 is 0. The standard InChI is InChI=1S/C45H91NO3/c1-3-5-7-9-11-13-15-17-19-21-22-23-25-27-29-31-33-35-37-39-41-45(49)46-43(42-47)44(48)40-38-36-34-32-30-28-26-24-20-18-16-14-12-10-8-6-4-2/h43-44,47-48H,3-42H2,1-2H3,(H,46,49). The van der Waals surface area contributed by atoms with Gasteiger partial charge in [0.25, 0.3) is 0 Å². The second kappa shape index (κ2) is 41.8. The van der Waals surface area contributed by atoms with Gasteiger partial charge in [0.05, 0.1) is 18.8 Å². The third-order valence-electron chi connectivity index (χ3n) is 10.9. The number of unbranched alkanes of at least 4 members (excludes halogenated alkanes) is 35. The molecule has 2 unspecified atom stereocenters. The van der Waals surface area contributed by atoms with Crippen molar-refractivity contribution >= 4 is 5.91 Å². The fraction of sp³-hybridized carbons (Fsp3) is 0.978. The van der Waals surface area contributed by atoms with E-state index in [9.17, 15) is 15.0 Å². The van der Waals surface area contributed by atoms with Gasteiger partial charge < -0.3 is 15.5 Å². The van der Waals surface area contributed by atoms with Crippen molar-refractivity contribution in [3.8, 4) is 0 Å². The third-order valence-corrected chi connectivity index (χ3v) is 10.9. The van der Waals surface area contributed by atoms with Crippen LogP contribution in [0.3, 0.4) is 0 Å². The summed E-state index contributed by atoms with van der Waals surface area (Å²) in [6, 6.07) is -0.529. The van der Waals surface area contributed by atoms with E-state index < -0.39 is 12.1 Å². The largest absolute Gasteiger partial charge is 0.394 e. The number of hydrogen-bond donors (Lipinski definition) is 3. The Kier molecular flexibility index (Phi) is 41.3. The first-order chi connectivity index (χ1) is 24.2. The molecule has 49 heavy (non-hydrogen) atoms. The number of nitrogens with one attached hydrogen (secondary N) is 1. The van der Waals surface area contributed by atoms with Crippen molar-refractivity contribution in [3.05, 3.63) is 0 Å². The van der Waals surface area contributed by atoms with E-state index in [2.05, 4.69) is 19.2 Å². The molecule has 0 aromatic carbocycles. The highest BCUT2D eigenvalue weighted by atomic mass is 16.3. The third kappa shape index (κ3) is 38.5. The highest BCUT2D eigenvalue weighted by Gasteiger charge is 2.20. The number of carbonyl (C=O) groups excluding carboxylic acids is 1. The summed E-state index contributed by atoms with van der Waals surface area (Å²) >= 11 is 0. The molecule has 0 aromatic rings. The quantitative estimate of drug-likeness (QED) is 0.0557. The average Bonchev–Trinajstić information content (AvgIpc) is 3.10. The van der Waals surface area contributed by atoms with E-state index >= 15 is 0 Å². The van der Waals surface area contributed by atoms with E-state index in [1.807, 2.05) is 0 Å². The monoisotopic (exact) mass is 694 g/mol. The van der Waals surface area contributed by atoms with Gasteiger partial charge in [-0.2, -0.15) is 0 Å². The van der Waals surface area contributed by atoms with Gasteiger partial charge in [0.1, 0.15) is 0 Å². The first-order valence-electron chi connectivity index (χ1n) is 22.7. The number of carbonyl (C=O) groups is 1. The van der Waals surface area contributed by atoms with Crippen molar-refractivity contribution in [1.29, 1.82) is 0 Å². The lowest BCUT2D eigenvalue weighted by Crippen LogP contribution is -2.45. The fourth-order valence-electron chi connectivity index (χ4n) is 7.36. The second-order valence-electron chi connectivity index (χ2n) is 15.8. The zero-order valence-corrected chi connectivity index (χ0v) is 33.7. The molecule has 0 saturated carbocycles. The Balaban J connectivity index is 3.46. The molecule has 4 heteroatoms. The summed E-state index contributed by atoms with van der Waals surface area (Å²) in [4.78, 5) is 12.4. The molecule has 294 valence electrons. The molecule has 0 aromatic heterocycles. The summed E-state index contributed by atoms with van der Waals surface area (Å²) in [6.07, 6.45) is 50.4. The maximum Gasteiger partial charge on any atom is 0.220 e. The predicted molar refractivity (Wildman–Crippen MR) is 216 cm³/mol. The van der Waals surface area contributed by atoms with E-state index in [0.29, 0.717) is 12.8 Å². The van der Waals surface area contributed by atoms with Gasteiger partial charge in [0.15, 0.2) is 0 Å². The smallest absolute Gasteiger partial charge is 0.220 e. The zero-order valence-electron chi connectivity index (χ0n) is 33.7. The van der Waals surface area contributed by atoms with Gasteiger partial charge in [-0.3, -0.25) is 4.79 Å². The summed E-state index contributed by atoms with van der Waals surface area (Å²) in [6.45, 7) is 4.39. The molecule has 0 aliphatic carbocycles. The van der Waals surface area contributed by atoms with E-state index in [0.717, 1.165) is 25.7 Å². The Morgan fingerprint density at radius 3 is 0.918 bits per heavy atom. The Hall–Kier alpha value is -0.610. The maximum atomic E-state index is 12.4. The number of hydrogen-bond acceptors (Lipinski definition) is 3. The Morgan fingerprint density at radius 2 is 0.653 bits per heavy atom. The van der Waals surface area contributed by atoms with E-state index in [4.69, 9.17) is 0 Å². The summed E-state index contributed by atoms with van der Waals surface area (Å²) in [5.41, 5.74) is 0. The van der Waals surface area contributed by atoms with Gasteiger partial charge in [-0.1, -0.05) is 245 Å². The lowest BCUT2D eigenvalue weighted by molar-refractivity contribution is -0.123. The van der Waals surface area contributed by atoms with Crippen LogP contribution < -0.4 is 5.32 Å². The molecule has 0 rings (SSSR count). The number of aliphatic hydroxyl groups is 2. The molecule has 1 amide bonds. The molecule has 3 N–H and O–H groups in total. The maximum absolute atomic E-state index is 12.4. The topological polar surface area (TPSA) is 69.6 Å². The van der Waals surface area contributed by atoms with Crippen molar-refractivity contribution in [3.63, 3.8) is 0 Å². The van der Waals surface area contributed by atoms with Crippen molar-refractivity contribution in [2.24, 2.45) is 0 Å². The van der Waals surface area contributed by atoms with Crippen LogP contribution in [0.1, 0.15) is 264 Å². The van der Waals surface area contributed by atoms with Crippen LogP contribution in [0, 0.1) is 0 Å². The van der Waals surface area contributed by atoms with Gasteiger partial charge in [0, 0.05) is 6.42 Å². The van der Waals surface area contributed by atoms with Gasteiger partial charge >= 0.3 is 0 Å². The normalized spacial score (nSPS) is 12.8. The van der Waals surface area contributed by atoms with Crippen LogP contribution >= 0.6 is 0 Å². The molecule has 0 spiro atoms. The Labute approximate surface area is 308 Å². The fourth-order valence-corrected chi connectivity index (χ4v) is 7.36. The van der Waals surface area contributed by atoms with Crippen LogP contribution in [0.15, 0.2) is 0 Å². The first-order valence-corrected chi connectivity index (χ1v) is 22.7. The molecule has 4 nitrogen and oxygen atoms in total. The first kappa shape index (κ1) is 48.4. The van der Waals surface area contributed by atoms with E-state index in [-0.39, 0.29) is 12.5 Å². The van der Waals surface area contributed by atoms with E-state index in [1.165, 1.54) is 212 Å². The van der Waals surface area contributed by atoms with Crippen molar-refractivity contribution < 1.29 is 15.0 Å². The van der Waals surface area contributed by atoms with E-state index in [1.54, 1.807) is 0 Å². The minimum atomic E-state index is -0.653. The van der Waals surface area contributed by atoms with Gasteiger partial charge in [0.2, 0.25) is 5.91 Å². The highest BCUT2D eigenvalue weighted by Crippen LogP contribution is 2.17. The molecule has 0 fully saturated rings. The number of aliphatic hydroxyl groups excluding tert-OH is 2. The molecule has 2 atom stereocenters. The van der Waals surface area contributed by atoms with Crippen molar-refractivity contribution in [2.75, 3.05) is 6.61 Å². The zero-order chi connectivity index (χ0) is 35.7. The number of amides is 1. The lowest BCUT2D eigenvalue weighted by Gasteiger charge is -2.22. The van der Waals surface area contributed by atoms with Crippen molar-refractivity contribution in [1.82, 2.24) is 5.32 Å². The summed E-state index contributed by atoms with van der Waals surface area (Å²) in [5, 5.41) is 23.2. The van der Waals surface area contributed by atoms with Crippen LogP contribution in [-0.2, 0) is 4.79 Å². The van der Waals surface area contributed by atoms with Gasteiger partial charge in [-0.15, -0.1) is 0 Å². The van der Waals surface area contributed by atoms with Crippen LogP contribution in [0.2, 0.25) is 0 Å². The van der Waals surface area contributed by atoms with Crippen LogP contribution in [0.5, 0.6) is 0 Å². The van der Waals surface area contributed by atoms with Gasteiger partial charge in [-0.05, 0) is 12.8 Å². The second-order valence-corrected chi connectivity index (χ2v) is 15.8. The predicted octanol–water partition coefficient (Wildman–Crippen LogP) is 14.1. The Morgan fingerprint density at radius 1 is 0.408 bits per heavy atom.